The lowest BCUT2D eigenvalue weighted by Gasteiger charge is -2.08. The molecule has 1 N–H and O–H groups in total. The number of hydrogen-bond donors (Lipinski definition) is 1. The van der Waals surface area contributed by atoms with Crippen LogP contribution in [0.1, 0.15) is 10.4 Å². The molecule has 3 aromatic heterocycles. The average Bonchev–Trinajstić information content (AvgIpc) is 3.25. The Morgan fingerprint density at radius 3 is 2.88 bits per heavy atom. The van der Waals surface area contributed by atoms with Gasteiger partial charge in [-0.2, -0.15) is 5.10 Å². The first-order chi connectivity index (χ1) is 12.1. The maximum Gasteiger partial charge on any atom is 0.266 e. The molecule has 130 valence electrons. The van der Waals surface area contributed by atoms with E-state index in [0.29, 0.717) is 11.4 Å². The van der Waals surface area contributed by atoms with Gasteiger partial charge in [-0.05, 0) is 6.07 Å². The monoisotopic (exact) mass is 344 g/mol. The van der Waals surface area contributed by atoms with Crippen molar-refractivity contribution >= 4 is 5.91 Å². The van der Waals surface area contributed by atoms with E-state index in [2.05, 4.69) is 25.6 Å². The molecule has 0 spiro atoms. The number of nitrogens with zero attached hydrogens (tertiary/aromatic N) is 7. The van der Waals surface area contributed by atoms with Crippen LogP contribution in [0, 0.1) is 0 Å². The minimum atomic E-state index is -0.342. The van der Waals surface area contributed by atoms with Gasteiger partial charge in [-0.25, -0.2) is 14.3 Å². The van der Waals surface area contributed by atoms with Gasteiger partial charge in [0.05, 0.1) is 13.7 Å². The van der Waals surface area contributed by atoms with Crippen LogP contribution in [0.2, 0.25) is 0 Å². The summed E-state index contributed by atoms with van der Waals surface area (Å²) in [6, 6.07) is 2.93. The summed E-state index contributed by atoms with van der Waals surface area (Å²) >= 11 is 0. The molecule has 3 heterocycles. The van der Waals surface area contributed by atoms with Gasteiger partial charge in [0, 0.05) is 25.9 Å². The van der Waals surface area contributed by atoms with Crippen LogP contribution in [0.5, 0.6) is 5.88 Å². The number of carbonyl (C=O) groups excluding carboxylic acids is 1. The molecule has 0 aromatic carbocycles. The molecule has 0 aliphatic heterocycles. The fourth-order valence-corrected chi connectivity index (χ4v) is 2.19. The summed E-state index contributed by atoms with van der Waals surface area (Å²) in [6.07, 6.45) is 4.41. The minimum absolute atomic E-state index is 0.204. The van der Waals surface area contributed by atoms with Crippen molar-refractivity contribution in [1.82, 2.24) is 39.6 Å². The van der Waals surface area contributed by atoms with Crippen molar-refractivity contribution in [3.8, 4) is 11.7 Å². The number of ether oxygens (including phenoxy) is 1. The second-order valence-electron chi connectivity index (χ2n) is 5.07. The Bertz CT molecular complexity index is 928. The van der Waals surface area contributed by atoms with Gasteiger partial charge in [-0.1, -0.05) is 0 Å². The normalized spacial score (nSPS) is 10.6. The molecular weight excluding hydrogens is 328 g/mol. The maximum absolute atomic E-state index is 12.2. The van der Waals surface area contributed by atoms with E-state index in [1.54, 1.807) is 19.3 Å². The van der Waals surface area contributed by atoms with Crippen molar-refractivity contribution < 1.29 is 9.53 Å². The molecule has 0 saturated carbocycles. The van der Waals surface area contributed by atoms with Crippen molar-refractivity contribution in [2.24, 2.45) is 7.05 Å². The average molecular weight is 344 g/mol. The molecule has 0 radical (unpaired) electrons. The quantitative estimate of drug-likeness (QED) is 0.608. The molecule has 0 aliphatic carbocycles. The van der Waals surface area contributed by atoms with E-state index < -0.39 is 0 Å². The number of methoxy groups -OCH3 is 1. The maximum atomic E-state index is 12.2. The summed E-state index contributed by atoms with van der Waals surface area (Å²) in [4.78, 5) is 27.9. The third-order valence-corrected chi connectivity index (χ3v) is 3.35. The van der Waals surface area contributed by atoms with Crippen molar-refractivity contribution in [3.05, 3.63) is 46.9 Å². The molecule has 0 saturated heterocycles. The Morgan fingerprint density at radius 2 is 2.16 bits per heavy atom. The Morgan fingerprint density at radius 1 is 1.32 bits per heavy atom. The first-order valence-electron chi connectivity index (χ1n) is 7.37. The Kier molecular flexibility index (Phi) is 4.55. The van der Waals surface area contributed by atoms with Crippen LogP contribution >= 0.6 is 0 Å². The highest BCUT2D eigenvalue weighted by Gasteiger charge is 2.15. The van der Waals surface area contributed by atoms with E-state index >= 15 is 0 Å². The van der Waals surface area contributed by atoms with Crippen LogP contribution in [-0.2, 0) is 13.6 Å². The second-order valence-corrected chi connectivity index (χ2v) is 5.07. The highest BCUT2D eigenvalue weighted by atomic mass is 16.5. The molecular formula is C14H16N8O3. The van der Waals surface area contributed by atoms with Gasteiger partial charge >= 0.3 is 0 Å². The van der Waals surface area contributed by atoms with Crippen LogP contribution in [0.4, 0.5) is 0 Å². The van der Waals surface area contributed by atoms with Gasteiger partial charge in [0.1, 0.15) is 18.2 Å². The highest BCUT2D eigenvalue weighted by molar-refractivity contribution is 5.96. The number of aromatic nitrogens is 7. The van der Waals surface area contributed by atoms with E-state index in [0.717, 1.165) is 0 Å². The first kappa shape index (κ1) is 16.4. The number of carbonyl (C=O) groups is 1. The predicted molar refractivity (Wildman–Crippen MR) is 85.5 cm³/mol. The predicted octanol–water partition coefficient (Wildman–Crippen LogP) is -1.00. The van der Waals surface area contributed by atoms with Gasteiger partial charge in [-0.15, -0.1) is 10.2 Å². The van der Waals surface area contributed by atoms with E-state index in [1.165, 1.54) is 39.9 Å². The lowest BCUT2D eigenvalue weighted by Crippen LogP contribution is -2.32. The van der Waals surface area contributed by atoms with Crippen molar-refractivity contribution in [1.29, 1.82) is 0 Å². The van der Waals surface area contributed by atoms with Crippen molar-refractivity contribution in [3.63, 3.8) is 0 Å². The molecule has 25 heavy (non-hydrogen) atoms. The van der Waals surface area contributed by atoms with E-state index in [4.69, 9.17) is 4.74 Å². The molecule has 3 aromatic rings. The zero-order chi connectivity index (χ0) is 17.8. The molecule has 0 unspecified atom stereocenters. The molecule has 0 atom stereocenters. The topological polar surface area (TPSA) is 122 Å². The fraction of sp³-hybridized carbons (Fsp3) is 0.286. The number of nitrogens with one attached hydrogen (secondary N) is 1. The summed E-state index contributed by atoms with van der Waals surface area (Å²) in [6.45, 7) is 0.417. The Balaban J connectivity index is 1.67. The summed E-state index contributed by atoms with van der Waals surface area (Å²) in [5, 5.41) is 14.9. The SMILES string of the molecule is COc1nn(C)cc1C(=O)NCCn1nc(-n2cncn2)ccc1=O. The largest absolute Gasteiger partial charge is 0.479 e. The number of rotatable bonds is 6. The summed E-state index contributed by atoms with van der Waals surface area (Å²) in [7, 11) is 3.14. The lowest BCUT2D eigenvalue weighted by atomic mass is 10.3. The van der Waals surface area contributed by atoms with Gasteiger partial charge < -0.3 is 10.1 Å². The summed E-state index contributed by atoms with van der Waals surface area (Å²) in [5.74, 6) is 0.353. The molecule has 11 nitrogen and oxygen atoms in total. The van der Waals surface area contributed by atoms with Crippen LogP contribution in [0.15, 0.2) is 35.8 Å². The molecule has 11 heteroatoms. The Labute approximate surface area is 141 Å². The molecule has 3 rings (SSSR count). The zero-order valence-electron chi connectivity index (χ0n) is 13.7. The van der Waals surface area contributed by atoms with Crippen LogP contribution in [0.3, 0.4) is 0 Å². The number of aryl methyl sites for hydroxylation is 1. The van der Waals surface area contributed by atoms with Gasteiger partial charge in [0.25, 0.3) is 11.5 Å². The van der Waals surface area contributed by atoms with Gasteiger partial charge in [0.15, 0.2) is 5.82 Å². The Hall–Kier alpha value is -3.50. The number of amides is 1. The molecule has 0 fully saturated rings. The summed E-state index contributed by atoms with van der Waals surface area (Å²) in [5.41, 5.74) is 0.0405. The van der Waals surface area contributed by atoms with Crippen molar-refractivity contribution in [2.75, 3.05) is 13.7 Å². The summed E-state index contributed by atoms with van der Waals surface area (Å²) < 4.78 is 9.23. The van der Waals surface area contributed by atoms with Crippen LogP contribution in [-0.4, -0.2) is 53.9 Å². The van der Waals surface area contributed by atoms with E-state index in [1.807, 2.05) is 0 Å². The first-order valence-corrected chi connectivity index (χ1v) is 7.37. The third kappa shape index (κ3) is 3.54. The zero-order valence-corrected chi connectivity index (χ0v) is 13.7. The van der Waals surface area contributed by atoms with Gasteiger partial charge in [-0.3, -0.25) is 14.3 Å². The highest BCUT2D eigenvalue weighted by Crippen LogP contribution is 2.13. The van der Waals surface area contributed by atoms with Gasteiger partial charge in [0.2, 0.25) is 5.88 Å². The smallest absolute Gasteiger partial charge is 0.266 e. The minimum Gasteiger partial charge on any atom is -0.479 e. The third-order valence-electron chi connectivity index (χ3n) is 3.35. The van der Waals surface area contributed by atoms with E-state index in [9.17, 15) is 9.59 Å². The fourth-order valence-electron chi connectivity index (χ4n) is 2.19. The molecule has 1 amide bonds. The molecule has 0 aliphatic rings. The van der Waals surface area contributed by atoms with Crippen molar-refractivity contribution in [2.45, 2.75) is 6.54 Å². The molecule has 0 bridgehead atoms. The second kappa shape index (κ2) is 6.95. The lowest BCUT2D eigenvalue weighted by molar-refractivity contribution is 0.0948. The van der Waals surface area contributed by atoms with Crippen LogP contribution in [0.25, 0.3) is 5.82 Å². The number of hydrogen-bond acceptors (Lipinski definition) is 7. The standard InChI is InChI=1S/C14H16N8O3/c1-20-7-10(14(19-20)25-2)13(24)16-5-6-21-12(23)4-3-11(18-21)22-9-15-8-17-22/h3-4,7-9H,5-6H2,1-2H3,(H,16,24). The van der Waals surface area contributed by atoms with Crippen LogP contribution < -0.4 is 15.6 Å². The van der Waals surface area contributed by atoms with E-state index in [-0.39, 0.29) is 30.4 Å².